The molecule has 6 nitrogen and oxygen atoms in total. The van der Waals surface area contributed by atoms with Gasteiger partial charge in [0.1, 0.15) is 0 Å². The molecule has 0 saturated carbocycles. The van der Waals surface area contributed by atoms with E-state index in [1.807, 2.05) is 43.3 Å². The number of aryl methyl sites for hydroxylation is 2. The molecule has 0 radical (unpaired) electrons. The number of nitrogens with one attached hydrogen (secondary N) is 2. The van der Waals surface area contributed by atoms with Gasteiger partial charge in [-0.3, -0.25) is 9.59 Å². The minimum Gasteiger partial charge on any atom is -0.325 e. The van der Waals surface area contributed by atoms with E-state index in [-0.39, 0.29) is 17.6 Å². The number of hydrogen-bond donors (Lipinski definition) is 2. The Labute approximate surface area is 182 Å². The minimum absolute atomic E-state index is 0.115. The second-order valence-electron chi connectivity index (χ2n) is 6.21. The first-order chi connectivity index (χ1) is 14.0. The molecule has 0 atom stereocenters. The minimum atomic E-state index is -0.168. The van der Waals surface area contributed by atoms with Gasteiger partial charge in [0.15, 0.2) is 4.34 Å². The van der Waals surface area contributed by atoms with Crippen LogP contribution in [0.5, 0.6) is 0 Å². The van der Waals surface area contributed by atoms with E-state index < -0.39 is 0 Å². The number of carbonyl (C=O) groups excluding carboxylic acids is 2. The predicted molar refractivity (Wildman–Crippen MR) is 119 cm³/mol. The van der Waals surface area contributed by atoms with E-state index >= 15 is 0 Å². The van der Waals surface area contributed by atoms with E-state index in [9.17, 15) is 9.59 Å². The van der Waals surface area contributed by atoms with Gasteiger partial charge >= 0.3 is 0 Å². The normalized spacial score (nSPS) is 10.6. The zero-order valence-electron chi connectivity index (χ0n) is 15.6. The highest BCUT2D eigenvalue weighted by Gasteiger charge is 2.11. The highest BCUT2D eigenvalue weighted by Crippen LogP contribution is 2.26. The molecule has 0 spiro atoms. The Hall–Kier alpha value is -2.42. The molecule has 150 valence electrons. The number of nitrogens with zero attached hydrogens (tertiary/aromatic N) is 2. The Morgan fingerprint density at radius 3 is 2.62 bits per heavy atom. The van der Waals surface area contributed by atoms with Crippen LogP contribution in [0.15, 0.2) is 52.9 Å². The van der Waals surface area contributed by atoms with Crippen LogP contribution in [0.25, 0.3) is 0 Å². The summed E-state index contributed by atoms with van der Waals surface area (Å²) in [6.45, 7) is 1.90. The van der Waals surface area contributed by atoms with Crippen molar-refractivity contribution in [3.8, 4) is 0 Å². The van der Waals surface area contributed by atoms with Gasteiger partial charge in [-0.2, -0.15) is 0 Å². The number of hydrogen-bond acceptors (Lipinski definition) is 6. The predicted octanol–water partition coefficient (Wildman–Crippen LogP) is 4.80. The first kappa shape index (κ1) is 21.3. The average Bonchev–Trinajstić information content (AvgIpc) is 3.16. The smallest absolute Gasteiger partial charge is 0.234 e. The maximum absolute atomic E-state index is 12.1. The number of amides is 2. The van der Waals surface area contributed by atoms with Crippen molar-refractivity contribution < 1.29 is 9.59 Å². The lowest BCUT2D eigenvalue weighted by atomic mass is 10.1. The first-order valence-electron chi connectivity index (χ1n) is 8.85. The van der Waals surface area contributed by atoms with Crippen LogP contribution >= 0.6 is 34.7 Å². The van der Waals surface area contributed by atoms with Crippen LogP contribution < -0.4 is 10.6 Å². The summed E-state index contributed by atoms with van der Waals surface area (Å²) in [5.74, 6) is -0.101. The standard InChI is InChI=1S/C20H19ClN4O2S2/c1-13-7-9-15(11-16(13)21)22-18(27)12-28-20-25-24-19(29-20)23-17(26)10-8-14-5-3-2-4-6-14/h2-7,9,11H,8,10,12H2,1H3,(H,22,27)(H,23,24,26). The summed E-state index contributed by atoms with van der Waals surface area (Å²) in [5.41, 5.74) is 2.71. The first-order valence-corrected chi connectivity index (χ1v) is 11.0. The zero-order valence-corrected chi connectivity index (χ0v) is 18.0. The molecule has 0 unspecified atom stereocenters. The lowest BCUT2D eigenvalue weighted by Crippen LogP contribution is -2.13. The summed E-state index contributed by atoms with van der Waals surface area (Å²) in [7, 11) is 0. The van der Waals surface area contributed by atoms with Crippen molar-refractivity contribution in [2.75, 3.05) is 16.4 Å². The van der Waals surface area contributed by atoms with Crippen LogP contribution in [0.4, 0.5) is 10.8 Å². The van der Waals surface area contributed by atoms with Gasteiger partial charge in [-0.1, -0.05) is 71.1 Å². The van der Waals surface area contributed by atoms with Crippen LogP contribution in [0.1, 0.15) is 17.5 Å². The highest BCUT2D eigenvalue weighted by atomic mass is 35.5. The zero-order chi connectivity index (χ0) is 20.6. The summed E-state index contributed by atoms with van der Waals surface area (Å²) in [6, 6.07) is 15.2. The van der Waals surface area contributed by atoms with Crippen molar-refractivity contribution in [3.05, 3.63) is 64.7 Å². The quantitative estimate of drug-likeness (QED) is 0.383. The van der Waals surface area contributed by atoms with Crippen molar-refractivity contribution >= 4 is 57.3 Å². The Bertz CT molecular complexity index is 995. The maximum atomic E-state index is 12.1. The SMILES string of the molecule is Cc1ccc(NC(=O)CSc2nnc(NC(=O)CCc3ccccc3)s2)cc1Cl. The third-order valence-corrected chi connectivity index (χ3v) is 6.30. The maximum Gasteiger partial charge on any atom is 0.234 e. The van der Waals surface area contributed by atoms with Crippen LogP contribution in [0, 0.1) is 6.92 Å². The largest absolute Gasteiger partial charge is 0.325 e. The Kier molecular flexibility index (Phi) is 7.62. The molecule has 3 rings (SSSR count). The summed E-state index contributed by atoms with van der Waals surface area (Å²) in [5, 5.41) is 14.5. The van der Waals surface area contributed by atoms with E-state index in [4.69, 9.17) is 11.6 Å². The van der Waals surface area contributed by atoms with Gasteiger partial charge in [0, 0.05) is 17.1 Å². The number of rotatable bonds is 8. The fourth-order valence-electron chi connectivity index (χ4n) is 2.40. The molecule has 9 heteroatoms. The lowest BCUT2D eigenvalue weighted by Gasteiger charge is -2.06. The van der Waals surface area contributed by atoms with Gasteiger partial charge in [-0.25, -0.2) is 0 Å². The third-order valence-electron chi connectivity index (χ3n) is 3.92. The Morgan fingerprint density at radius 1 is 1.07 bits per heavy atom. The van der Waals surface area contributed by atoms with E-state index in [0.717, 1.165) is 11.1 Å². The molecule has 0 fully saturated rings. The van der Waals surface area contributed by atoms with Gasteiger partial charge in [0.2, 0.25) is 16.9 Å². The fourth-order valence-corrected chi connectivity index (χ4v) is 4.15. The monoisotopic (exact) mass is 446 g/mol. The summed E-state index contributed by atoms with van der Waals surface area (Å²) >= 11 is 8.57. The summed E-state index contributed by atoms with van der Waals surface area (Å²) in [4.78, 5) is 24.2. The number of benzene rings is 2. The molecule has 2 amide bonds. The van der Waals surface area contributed by atoms with Gasteiger partial charge in [0.25, 0.3) is 0 Å². The number of anilines is 2. The molecular weight excluding hydrogens is 428 g/mol. The number of thioether (sulfide) groups is 1. The molecule has 2 aromatic carbocycles. The van der Waals surface area contributed by atoms with Crippen molar-refractivity contribution in [1.82, 2.24) is 10.2 Å². The van der Waals surface area contributed by atoms with Gasteiger partial charge in [0.05, 0.1) is 5.75 Å². The van der Waals surface area contributed by atoms with Crippen molar-refractivity contribution in [2.45, 2.75) is 24.1 Å². The molecule has 1 heterocycles. The molecular formula is C20H19ClN4O2S2. The lowest BCUT2D eigenvalue weighted by molar-refractivity contribution is -0.116. The average molecular weight is 447 g/mol. The number of halogens is 1. The van der Waals surface area contributed by atoms with Crippen molar-refractivity contribution in [2.24, 2.45) is 0 Å². The molecule has 3 aromatic rings. The van der Waals surface area contributed by atoms with Crippen LogP contribution in [0.2, 0.25) is 5.02 Å². The van der Waals surface area contributed by atoms with E-state index in [1.54, 1.807) is 12.1 Å². The van der Waals surface area contributed by atoms with Crippen molar-refractivity contribution in [3.63, 3.8) is 0 Å². The molecule has 29 heavy (non-hydrogen) atoms. The Morgan fingerprint density at radius 2 is 1.86 bits per heavy atom. The molecule has 0 aliphatic rings. The van der Waals surface area contributed by atoms with E-state index in [2.05, 4.69) is 20.8 Å². The number of carbonyl (C=O) groups is 2. The van der Waals surface area contributed by atoms with Crippen LogP contribution in [0.3, 0.4) is 0 Å². The van der Waals surface area contributed by atoms with E-state index in [0.29, 0.717) is 33.0 Å². The molecule has 1 aromatic heterocycles. The van der Waals surface area contributed by atoms with Gasteiger partial charge in [-0.15, -0.1) is 10.2 Å². The fraction of sp³-hybridized carbons (Fsp3) is 0.200. The van der Waals surface area contributed by atoms with E-state index in [1.165, 1.54) is 23.1 Å². The van der Waals surface area contributed by atoms with Crippen molar-refractivity contribution in [1.29, 1.82) is 0 Å². The molecule has 0 aliphatic carbocycles. The summed E-state index contributed by atoms with van der Waals surface area (Å²) < 4.78 is 0.612. The topological polar surface area (TPSA) is 84.0 Å². The molecule has 0 saturated heterocycles. The number of aromatic nitrogens is 2. The van der Waals surface area contributed by atoms with Gasteiger partial charge < -0.3 is 10.6 Å². The van der Waals surface area contributed by atoms with Crippen LogP contribution in [-0.2, 0) is 16.0 Å². The second kappa shape index (κ2) is 10.4. The summed E-state index contributed by atoms with van der Waals surface area (Å²) in [6.07, 6.45) is 1.03. The van der Waals surface area contributed by atoms with Gasteiger partial charge in [-0.05, 0) is 36.6 Å². The third kappa shape index (κ3) is 6.85. The van der Waals surface area contributed by atoms with Crippen LogP contribution in [-0.4, -0.2) is 27.8 Å². The Balaban J connectivity index is 1.43. The highest BCUT2D eigenvalue weighted by molar-refractivity contribution is 8.01. The molecule has 2 N–H and O–H groups in total. The molecule has 0 bridgehead atoms. The second-order valence-corrected chi connectivity index (χ2v) is 8.81. The molecule has 0 aliphatic heterocycles.